The number of aryl methyl sites for hydroxylation is 1. The fourth-order valence-electron chi connectivity index (χ4n) is 1.16. The summed E-state index contributed by atoms with van der Waals surface area (Å²) < 4.78 is 5.93. The van der Waals surface area contributed by atoms with Crippen LogP contribution in [-0.4, -0.2) is 24.1 Å². The molecule has 0 amide bonds. The number of rotatable bonds is 4. The first-order valence-electron chi connectivity index (χ1n) is 5.07. The van der Waals surface area contributed by atoms with Crippen molar-refractivity contribution in [2.24, 2.45) is 7.05 Å². The lowest BCUT2D eigenvalue weighted by Gasteiger charge is -1.97. The van der Waals surface area contributed by atoms with Gasteiger partial charge in [0.1, 0.15) is 12.2 Å². The Bertz CT molecular complexity index is 460. The van der Waals surface area contributed by atoms with Crippen molar-refractivity contribution in [1.29, 1.82) is 0 Å². The molecule has 0 aliphatic heterocycles. The summed E-state index contributed by atoms with van der Waals surface area (Å²) in [6.07, 6.45) is 1.68. The van der Waals surface area contributed by atoms with Crippen LogP contribution in [0.2, 0.25) is 0 Å². The Morgan fingerprint density at radius 3 is 2.88 bits per heavy atom. The second kappa shape index (κ2) is 4.56. The molecule has 0 unspecified atom stereocenters. The Hall–Kier alpha value is -1.50. The van der Waals surface area contributed by atoms with Crippen molar-refractivity contribution in [2.75, 3.05) is 5.32 Å². The summed E-state index contributed by atoms with van der Waals surface area (Å²) in [6, 6.07) is 0. The van der Waals surface area contributed by atoms with Crippen molar-refractivity contribution in [3.63, 3.8) is 0 Å². The minimum Gasteiger partial charge on any atom is -0.353 e. The number of anilines is 1. The summed E-state index contributed by atoms with van der Waals surface area (Å²) in [6.45, 7) is 4.73. The molecule has 0 atom stereocenters. The van der Waals surface area contributed by atoms with Gasteiger partial charge in [0.15, 0.2) is 5.82 Å². The van der Waals surface area contributed by atoms with Gasteiger partial charge in [-0.3, -0.25) is 4.68 Å². The first kappa shape index (κ1) is 11.0. The SMILES string of the molecule is CC(C)c1nsc(NCc2ncn(C)n2)n1. The van der Waals surface area contributed by atoms with E-state index in [1.54, 1.807) is 11.0 Å². The van der Waals surface area contributed by atoms with Crippen molar-refractivity contribution in [3.05, 3.63) is 18.0 Å². The predicted octanol–water partition coefficient (Wildman–Crippen LogP) is 1.40. The van der Waals surface area contributed by atoms with Gasteiger partial charge < -0.3 is 5.32 Å². The lowest BCUT2D eigenvalue weighted by Crippen LogP contribution is -2.02. The average molecular weight is 238 g/mol. The third-order valence-corrected chi connectivity index (χ3v) is 2.69. The molecule has 0 aliphatic carbocycles. The van der Waals surface area contributed by atoms with Crippen molar-refractivity contribution in [3.8, 4) is 0 Å². The molecule has 86 valence electrons. The van der Waals surface area contributed by atoms with E-state index >= 15 is 0 Å². The number of nitrogens with one attached hydrogen (secondary N) is 1. The Morgan fingerprint density at radius 2 is 2.31 bits per heavy atom. The predicted molar refractivity (Wildman–Crippen MR) is 62.3 cm³/mol. The van der Waals surface area contributed by atoms with E-state index in [-0.39, 0.29) is 0 Å². The topological polar surface area (TPSA) is 68.5 Å². The third kappa shape index (κ3) is 2.54. The smallest absolute Gasteiger partial charge is 0.202 e. The molecule has 0 fully saturated rings. The molecule has 0 spiro atoms. The maximum absolute atomic E-state index is 4.37. The molecule has 2 rings (SSSR count). The van der Waals surface area contributed by atoms with Crippen LogP contribution in [0.4, 0.5) is 5.13 Å². The molecule has 0 saturated carbocycles. The molecule has 16 heavy (non-hydrogen) atoms. The van der Waals surface area contributed by atoms with Gasteiger partial charge in [-0.25, -0.2) is 9.97 Å². The zero-order valence-electron chi connectivity index (χ0n) is 9.51. The Labute approximate surface area is 97.9 Å². The number of hydrogen-bond donors (Lipinski definition) is 1. The molecule has 2 aromatic heterocycles. The van der Waals surface area contributed by atoms with E-state index in [0.29, 0.717) is 12.5 Å². The van der Waals surface area contributed by atoms with Crippen LogP contribution in [0.3, 0.4) is 0 Å². The van der Waals surface area contributed by atoms with E-state index in [0.717, 1.165) is 16.8 Å². The minimum atomic E-state index is 0.361. The summed E-state index contributed by atoms with van der Waals surface area (Å²) in [5.41, 5.74) is 0. The summed E-state index contributed by atoms with van der Waals surface area (Å²) >= 11 is 1.37. The molecule has 0 aromatic carbocycles. The van der Waals surface area contributed by atoms with Gasteiger partial charge in [-0.15, -0.1) is 0 Å². The fourth-order valence-corrected chi connectivity index (χ4v) is 1.86. The van der Waals surface area contributed by atoms with E-state index in [2.05, 4.69) is 38.6 Å². The lowest BCUT2D eigenvalue weighted by atomic mass is 10.2. The van der Waals surface area contributed by atoms with E-state index < -0.39 is 0 Å². The highest BCUT2D eigenvalue weighted by molar-refractivity contribution is 7.09. The summed E-state index contributed by atoms with van der Waals surface area (Å²) in [5.74, 6) is 1.99. The molecule has 0 saturated heterocycles. The Kier molecular flexibility index (Phi) is 3.14. The van der Waals surface area contributed by atoms with Gasteiger partial charge in [-0.1, -0.05) is 13.8 Å². The first-order valence-corrected chi connectivity index (χ1v) is 5.84. The van der Waals surface area contributed by atoms with Crippen LogP contribution < -0.4 is 5.32 Å². The van der Waals surface area contributed by atoms with Crippen molar-refractivity contribution < 1.29 is 0 Å². The van der Waals surface area contributed by atoms with Crippen molar-refractivity contribution in [1.82, 2.24) is 24.1 Å². The zero-order valence-corrected chi connectivity index (χ0v) is 10.3. The Morgan fingerprint density at radius 1 is 1.50 bits per heavy atom. The molecule has 2 aromatic rings. The van der Waals surface area contributed by atoms with Gasteiger partial charge in [-0.2, -0.15) is 9.47 Å². The van der Waals surface area contributed by atoms with E-state index in [1.807, 2.05) is 7.05 Å². The highest BCUT2D eigenvalue weighted by Gasteiger charge is 2.07. The zero-order chi connectivity index (χ0) is 11.5. The van der Waals surface area contributed by atoms with Gasteiger partial charge >= 0.3 is 0 Å². The second-order valence-corrected chi connectivity index (χ2v) is 4.55. The van der Waals surface area contributed by atoms with Crippen LogP contribution in [-0.2, 0) is 13.6 Å². The molecule has 0 bridgehead atoms. The van der Waals surface area contributed by atoms with Gasteiger partial charge in [0.2, 0.25) is 5.13 Å². The van der Waals surface area contributed by atoms with Gasteiger partial charge in [0.05, 0.1) is 6.54 Å². The Balaban J connectivity index is 1.94. The largest absolute Gasteiger partial charge is 0.353 e. The fraction of sp³-hybridized carbons (Fsp3) is 0.556. The van der Waals surface area contributed by atoms with Crippen molar-refractivity contribution >= 4 is 16.7 Å². The minimum absolute atomic E-state index is 0.361. The highest BCUT2D eigenvalue weighted by atomic mass is 32.1. The van der Waals surface area contributed by atoms with Crippen LogP contribution in [0.1, 0.15) is 31.4 Å². The maximum atomic E-state index is 4.37. The van der Waals surface area contributed by atoms with Crippen LogP contribution in [0, 0.1) is 0 Å². The molecule has 0 aliphatic rings. The highest BCUT2D eigenvalue weighted by Crippen LogP contribution is 2.17. The second-order valence-electron chi connectivity index (χ2n) is 3.80. The normalized spacial score (nSPS) is 11.0. The average Bonchev–Trinajstić information content (AvgIpc) is 2.83. The first-order chi connectivity index (χ1) is 7.65. The molecule has 6 nitrogen and oxygen atoms in total. The monoisotopic (exact) mass is 238 g/mol. The number of aromatic nitrogens is 5. The molecule has 1 N–H and O–H groups in total. The van der Waals surface area contributed by atoms with E-state index in [4.69, 9.17) is 0 Å². The maximum Gasteiger partial charge on any atom is 0.202 e. The summed E-state index contributed by atoms with van der Waals surface area (Å²) in [4.78, 5) is 8.48. The van der Waals surface area contributed by atoms with Crippen molar-refractivity contribution in [2.45, 2.75) is 26.3 Å². The number of hydrogen-bond acceptors (Lipinski definition) is 6. The van der Waals surface area contributed by atoms with Gasteiger partial charge in [-0.05, 0) is 0 Å². The van der Waals surface area contributed by atoms with Crippen LogP contribution in [0.15, 0.2) is 6.33 Å². The van der Waals surface area contributed by atoms with Crippen LogP contribution in [0.25, 0.3) is 0 Å². The lowest BCUT2D eigenvalue weighted by molar-refractivity contribution is 0.747. The molecule has 0 radical (unpaired) electrons. The molecule has 7 heteroatoms. The van der Waals surface area contributed by atoms with Gasteiger partial charge in [0.25, 0.3) is 0 Å². The molecular weight excluding hydrogens is 224 g/mol. The summed E-state index contributed by atoms with van der Waals surface area (Å²) in [5, 5.41) is 8.14. The van der Waals surface area contributed by atoms with Crippen LogP contribution >= 0.6 is 11.5 Å². The number of nitrogens with zero attached hydrogens (tertiary/aromatic N) is 5. The van der Waals surface area contributed by atoms with E-state index in [9.17, 15) is 0 Å². The van der Waals surface area contributed by atoms with E-state index in [1.165, 1.54) is 11.5 Å². The molecular formula is C9H14N6S. The third-order valence-electron chi connectivity index (χ3n) is 2.00. The van der Waals surface area contributed by atoms with Crippen LogP contribution in [0.5, 0.6) is 0 Å². The van der Waals surface area contributed by atoms with Gasteiger partial charge in [0, 0.05) is 24.5 Å². The summed E-state index contributed by atoms with van der Waals surface area (Å²) in [7, 11) is 1.85. The quantitative estimate of drug-likeness (QED) is 0.872. The molecule has 2 heterocycles. The standard InChI is InChI=1S/C9H14N6S/c1-6(2)8-12-9(16-14-8)10-4-7-11-5-15(3)13-7/h5-6H,4H2,1-3H3,(H,10,12,14).